The maximum atomic E-state index is 6.40. The van der Waals surface area contributed by atoms with Gasteiger partial charge in [0.25, 0.3) is 0 Å². The summed E-state index contributed by atoms with van der Waals surface area (Å²) in [5.74, 6) is 0.692. The molecule has 0 saturated carbocycles. The van der Waals surface area contributed by atoms with E-state index in [1.165, 1.54) is 33.4 Å². The van der Waals surface area contributed by atoms with Gasteiger partial charge < -0.3 is 9.32 Å². The Morgan fingerprint density at radius 3 is 1.76 bits per heavy atom. The zero-order chi connectivity index (χ0) is 33.0. The van der Waals surface area contributed by atoms with Crippen LogP contribution in [0.4, 0.5) is 17.1 Å². The van der Waals surface area contributed by atoms with Crippen LogP contribution in [0.5, 0.6) is 0 Å². The minimum atomic E-state index is 0.331. The van der Waals surface area contributed by atoms with E-state index in [9.17, 15) is 0 Å². The second kappa shape index (κ2) is 11.6. The Balaban J connectivity index is 1.10. The summed E-state index contributed by atoms with van der Waals surface area (Å²) in [5, 5.41) is 2.29. The van der Waals surface area contributed by atoms with E-state index in [1.54, 1.807) is 0 Å². The molecule has 0 bridgehead atoms. The zero-order valence-corrected chi connectivity index (χ0v) is 27.4. The van der Waals surface area contributed by atoms with Crippen molar-refractivity contribution in [2.75, 3.05) is 4.90 Å². The fourth-order valence-electron chi connectivity index (χ4n) is 8.09. The molecular weight excluding hydrogens is 607 g/mol. The lowest BCUT2D eigenvalue weighted by atomic mass is 9.70. The Morgan fingerprint density at radius 1 is 0.400 bits per heavy atom. The molecule has 0 aliphatic heterocycles. The van der Waals surface area contributed by atoms with E-state index in [-0.39, 0.29) is 0 Å². The Labute approximate surface area is 291 Å². The first-order valence-electron chi connectivity index (χ1n) is 17.3. The second-order valence-corrected chi connectivity index (χ2v) is 13.3. The number of fused-ring (bicyclic) bond motifs is 9. The third-order valence-electron chi connectivity index (χ3n) is 10.5. The Hall–Kier alpha value is -6.38. The molecule has 0 N–H and O–H groups in total. The van der Waals surface area contributed by atoms with E-state index < -0.39 is 0 Å². The predicted octanol–water partition coefficient (Wildman–Crippen LogP) is 13.4. The van der Waals surface area contributed by atoms with Crippen LogP contribution in [0, 0.1) is 0 Å². The molecule has 2 aliphatic carbocycles. The summed E-state index contributed by atoms with van der Waals surface area (Å²) < 4.78 is 6.40. The summed E-state index contributed by atoms with van der Waals surface area (Å²) in [7, 11) is 0. The third-order valence-corrected chi connectivity index (χ3v) is 10.5. The summed E-state index contributed by atoms with van der Waals surface area (Å²) in [6.07, 6.45) is 9.10. The molecule has 2 nitrogen and oxygen atoms in total. The molecule has 7 aromatic carbocycles. The van der Waals surface area contributed by atoms with Gasteiger partial charge in [-0.3, -0.25) is 0 Å². The van der Waals surface area contributed by atoms with Gasteiger partial charge in [0, 0.05) is 45.2 Å². The van der Waals surface area contributed by atoms with Crippen LogP contribution in [0.3, 0.4) is 0 Å². The fourth-order valence-corrected chi connectivity index (χ4v) is 8.09. The number of para-hydroxylation sites is 2. The molecule has 0 fully saturated rings. The molecule has 0 amide bonds. The highest BCUT2D eigenvalue weighted by molar-refractivity contribution is 6.09. The summed E-state index contributed by atoms with van der Waals surface area (Å²) in [6, 6.07) is 59.1. The number of anilines is 3. The highest BCUT2D eigenvalue weighted by atomic mass is 16.3. The van der Waals surface area contributed by atoms with Crippen LogP contribution in [0.25, 0.3) is 55.3 Å². The van der Waals surface area contributed by atoms with Gasteiger partial charge in [-0.25, -0.2) is 0 Å². The van der Waals surface area contributed by atoms with E-state index in [2.05, 4.69) is 181 Å². The molecule has 2 atom stereocenters. The number of allylic oxidation sites excluding steroid dienone is 4. The van der Waals surface area contributed by atoms with Crippen molar-refractivity contribution in [2.45, 2.75) is 11.8 Å². The highest BCUT2D eigenvalue weighted by Crippen LogP contribution is 2.51. The van der Waals surface area contributed by atoms with Crippen molar-refractivity contribution in [2.24, 2.45) is 0 Å². The number of furan rings is 1. The molecule has 50 heavy (non-hydrogen) atoms. The number of nitrogens with zero attached hydrogens (tertiary/aromatic N) is 1. The largest absolute Gasteiger partial charge is 0.455 e. The van der Waals surface area contributed by atoms with E-state index in [4.69, 9.17) is 4.42 Å². The van der Waals surface area contributed by atoms with E-state index >= 15 is 0 Å². The molecular formula is C48H33NO. The monoisotopic (exact) mass is 639 g/mol. The summed E-state index contributed by atoms with van der Waals surface area (Å²) in [4.78, 5) is 2.38. The van der Waals surface area contributed by atoms with Crippen molar-refractivity contribution in [3.05, 3.63) is 199 Å². The molecule has 1 heterocycles. The summed E-state index contributed by atoms with van der Waals surface area (Å²) in [5.41, 5.74) is 15.2. The zero-order valence-electron chi connectivity index (χ0n) is 27.4. The molecule has 2 aliphatic rings. The van der Waals surface area contributed by atoms with Crippen molar-refractivity contribution < 1.29 is 4.42 Å². The van der Waals surface area contributed by atoms with E-state index in [1.807, 2.05) is 12.1 Å². The molecule has 1 aromatic heterocycles. The van der Waals surface area contributed by atoms with Crippen LogP contribution in [0.15, 0.2) is 193 Å². The Kier molecular flexibility index (Phi) is 6.67. The van der Waals surface area contributed by atoms with Crippen molar-refractivity contribution >= 4 is 39.0 Å². The van der Waals surface area contributed by atoms with Crippen molar-refractivity contribution in [3.63, 3.8) is 0 Å². The molecule has 10 rings (SSSR count). The number of hydrogen-bond acceptors (Lipinski definition) is 2. The average Bonchev–Trinajstić information content (AvgIpc) is 3.58. The molecule has 8 aromatic rings. The first kappa shape index (κ1) is 28.6. The van der Waals surface area contributed by atoms with Gasteiger partial charge in [-0.05, 0) is 81.4 Å². The minimum absolute atomic E-state index is 0.331. The number of benzene rings is 7. The van der Waals surface area contributed by atoms with Gasteiger partial charge in [0.1, 0.15) is 11.2 Å². The maximum absolute atomic E-state index is 6.40. The van der Waals surface area contributed by atoms with Gasteiger partial charge in [-0.1, -0.05) is 146 Å². The average molecular weight is 640 g/mol. The summed E-state index contributed by atoms with van der Waals surface area (Å²) in [6.45, 7) is 0. The SMILES string of the molecule is C1=CC2c3ccccc3-c3cc(N(c4ccc(-c5ccccc5)cc4)c4ccc(-c5cccc6c5oc5ccccc56)cc4)ccc3C2C=C1. The molecule has 0 saturated heterocycles. The topological polar surface area (TPSA) is 16.4 Å². The van der Waals surface area contributed by atoms with Gasteiger partial charge in [0.05, 0.1) is 0 Å². The van der Waals surface area contributed by atoms with Gasteiger partial charge in [0.2, 0.25) is 0 Å². The lowest BCUT2D eigenvalue weighted by molar-refractivity contribution is 0.670. The number of hydrogen-bond donors (Lipinski definition) is 0. The molecule has 2 unspecified atom stereocenters. The van der Waals surface area contributed by atoms with Gasteiger partial charge >= 0.3 is 0 Å². The van der Waals surface area contributed by atoms with Gasteiger partial charge in [-0.2, -0.15) is 0 Å². The molecule has 236 valence electrons. The summed E-state index contributed by atoms with van der Waals surface area (Å²) >= 11 is 0. The van der Waals surface area contributed by atoms with Crippen LogP contribution in [0.2, 0.25) is 0 Å². The first-order chi connectivity index (χ1) is 24.8. The Morgan fingerprint density at radius 2 is 0.980 bits per heavy atom. The van der Waals surface area contributed by atoms with Crippen LogP contribution in [-0.2, 0) is 0 Å². The predicted molar refractivity (Wildman–Crippen MR) is 208 cm³/mol. The van der Waals surface area contributed by atoms with Crippen LogP contribution in [-0.4, -0.2) is 0 Å². The van der Waals surface area contributed by atoms with Crippen LogP contribution >= 0.6 is 0 Å². The fraction of sp³-hybridized carbons (Fsp3) is 0.0417. The maximum Gasteiger partial charge on any atom is 0.143 e. The molecule has 2 heteroatoms. The standard InChI is InChI=1S/C48H33NO/c1-2-11-32(12-3-1)33-21-25-35(26-22-33)49(37-29-30-43-41-15-5-4-13-39(41)40-14-6-7-16-42(40)46(43)31-37)36-27-23-34(24-28-36)38-18-10-19-45-44-17-8-9-20-47(44)50-48(38)45/h1-31,39,41H. The van der Waals surface area contributed by atoms with Crippen LogP contribution < -0.4 is 4.90 Å². The first-order valence-corrected chi connectivity index (χ1v) is 17.3. The van der Waals surface area contributed by atoms with Gasteiger partial charge in [0.15, 0.2) is 0 Å². The minimum Gasteiger partial charge on any atom is -0.455 e. The second-order valence-electron chi connectivity index (χ2n) is 13.3. The van der Waals surface area contributed by atoms with Crippen LogP contribution in [0.1, 0.15) is 23.0 Å². The molecule has 0 spiro atoms. The number of rotatable bonds is 5. The Bertz CT molecular complexity index is 2590. The lowest BCUT2D eigenvalue weighted by Crippen LogP contribution is -2.17. The quantitative estimate of drug-likeness (QED) is 0.186. The smallest absolute Gasteiger partial charge is 0.143 e. The van der Waals surface area contributed by atoms with E-state index in [0.717, 1.165) is 50.1 Å². The van der Waals surface area contributed by atoms with Crippen molar-refractivity contribution in [1.82, 2.24) is 0 Å². The molecule has 0 radical (unpaired) electrons. The normalized spacial score (nSPS) is 15.8. The third kappa shape index (κ3) is 4.64. The highest BCUT2D eigenvalue weighted by Gasteiger charge is 2.32. The van der Waals surface area contributed by atoms with Crippen molar-refractivity contribution in [3.8, 4) is 33.4 Å². The van der Waals surface area contributed by atoms with Gasteiger partial charge in [-0.15, -0.1) is 0 Å². The van der Waals surface area contributed by atoms with Crippen molar-refractivity contribution in [1.29, 1.82) is 0 Å². The lowest BCUT2D eigenvalue weighted by Gasteiger charge is -2.35. The van der Waals surface area contributed by atoms with E-state index in [0.29, 0.717) is 11.8 Å².